The summed E-state index contributed by atoms with van der Waals surface area (Å²) >= 11 is 0. The third-order valence-corrected chi connectivity index (χ3v) is 2.46. The fraction of sp³-hybridized carbons (Fsp3) is 0.154. The van der Waals surface area contributed by atoms with Crippen molar-refractivity contribution >= 4 is 22.5 Å². The van der Waals surface area contributed by atoms with E-state index < -0.39 is 0 Å². The van der Waals surface area contributed by atoms with Crippen LogP contribution in [0.5, 0.6) is 0 Å². The number of carbonyl (C=O) groups is 2. The highest BCUT2D eigenvalue weighted by Crippen LogP contribution is 2.15. The van der Waals surface area contributed by atoms with Gasteiger partial charge in [-0.1, -0.05) is 6.07 Å². The molecule has 2 aromatic rings. The summed E-state index contributed by atoms with van der Waals surface area (Å²) in [6.07, 6.45) is 0. The number of benzene rings is 1. The molecule has 16 heavy (non-hydrogen) atoms. The average molecular weight is 213 g/mol. The van der Waals surface area contributed by atoms with Gasteiger partial charge < -0.3 is 0 Å². The van der Waals surface area contributed by atoms with E-state index in [0.717, 1.165) is 10.9 Å². The fourth-order valence-electron chi connectivity index (χ4n) is 1.54. The summed E-state index contributed by atoms with van der Waals surface area (Å²) in [4.78, 5) is 26.6. The van der Waals surface area contributed by atoms with Crippen molar-refractivity contribution in [1.29, 1.82) is 0 Å². The molecule has 80 valence electrons. The molecule has 0 bridgehead atoms. The van der Waals surface area contributed by atoms with Gasteiger partial charge in [0.2, 0.25) is 0 Å². The zero-order chi connectivity index (χ0) is 11.7. The quantitative estimate of drug-likeness (QED) is 0.720. The molecule has 0 aliphatic carbocycles. The molecule has 0 aliphatic rings. The Morgan fingerprint density at radius 2 is 1.75 bits per heavy atom. The fourth-order valence-corrected chi connectivity index (χ4v) is 1.54. The van der Waals surface area contributed by atoms with Gasteiger partial charge in [-0.15, -0.1) is 0 Å². The van der Waals surface area contributed by atoms with E-state index in [9.17, 15) is 9.59 Å². The number of hydrogen-bond donors (Lipinski definition) is 0. The van der Waals surface area contributed by atoms with Crippen molar-refractivity contribution in [2.45, 2.75) is 13.8 Å². The van der Waals surface area contributed by atoms with Crippen LogP contribution in [0.3, 0.4) is 0 Å². The van der Waals surface area contributed by atoms with Gasteiger partial charge in [-0.3, -0.25) is 9.59 Å². The van der Waals surface area contributed by atoms with Crippen LogP contribution in [0.4, 0.5) is 0 Å². The van der Waals surface area contributed by atoms with E-state index in [0.29, 0.717) is 11.3 Å². The molecule has 0 atom stereocenters. The molecular formula is C13H11NO2. The highest BCUT2D eigenvalue weighted by molar-refractivity contribution is 5.99. The summed E-state index contributed by atoms with van der Waals surface area (Å²) in [5.74, 6) is -0.0323. The lowest BCUT2D eigenvalue weighted by molar-refractivity contribution is 0.100. The molecule has 3 heteroatoms. The molecule has 0 saturated heterocycles. The molecule has 0 aliphatic heterocycles. The first-order chi connectivity index (χ1) is 7.58. The molecule has 1 aromatic carbocycles. The lowest BCUT2D eigenvalue weighted by Gasteiger charge is -2.01. The van der Waals surface area contributed by atoms with E-state index in [4.69, 9.17) is 0 Å². The molecular weight excluding hydrogens is 202 g/mol. The summed E-state index contributed by atoms with van der Waals surface area (Å²) in [6, 6.07) is 8.76. The van der Waals surface area contributed by atoms with Gasteiger partial charge in [-0.2, -0.15) is 0 Å². The third-order valence-electron chi connectivity index (χ3n) is 2.46. The number of pyridine rings is 1. The summed E-state index contributed by atoms with van der Waals surface area (Å²) < 4.78 is 0. The number of hydrogen-bond acceptors (Lipinski definition) is 3. The number of fused-ring (bicyclic) bond motifs is 1. The summed E-state index contributed by atoms with van der Waals surface area (Å²) in [5.41, 5.74) is 1.84. The average Bonchev–Trinajstić information content (AvgIpc) is 2.27. The van der Waals surface area contributed by atoms with E-state index in [2.05, 4.69) is 4.98 Å². The number of rotatable bonds is 2. The standard InChI is InChI=1S/C13H11NO2/c1-8(15)10-3-6-13-11(7-10)4-5-12(14-13)9(2)16/h3-7H,1-2H3. The van der Waals surface area contributed by atoms with E-state index in [-0.39, 0.29) is 11.6 Å². The highest BCUT2D eigenvalue weighted by Gasteiger charge is 2.05. The molecule has 0 fully saturated rings. The zero-order valence-corrected chi connectivity index (χ0v) is 9.15. The number of ketones is 2. The van der Waals surface area contributed by atoms with E-state index in [1.54, 1.807) is 24.3 Å². The van der Waals surface area contributed by atoms with Crippen molar-refractivity contribution in [2.75, 3.05) is 0 Å². The monoisotopic (exact) mass is 213 g/mol. The Hall–Kier alpha value is -2.03. The van der Waals surface area contributed by atoms with Crippen LogP contribution in [0, 0.1) is 0 Å². The second kappa shape index (κ2) is 3.85. The first-order valence-corrected chi connectivity index (χ1v) is 5.00. The second-order valence-electron chi connectivity index (χ2n) is 3.72. The molecule has 0 spiro atoms. The van der Waals surface area contributed by atoms with Crippen molar-refractivity contribution in [2.24, 2.45) is 0 Å². The lowest BCUT2D eigenvalue weighted by atomic mass is 10.1. The third kappa shape index (κ3) is 1.84. The maximum atomic E-state index is 11.2. The van der Waals surface area contributed by atoms with Crippen molar-refractivity contribution < 1.29 is 9.59 Å². The van der Waals surface area contributed by atoms with Crippen molar-refractivity contribution in [3.8, 4) is 0 Å². The van der Waals surface area contributed by atoms with Gasteiger partial charge >= 0.3 is 0 Å². The van der Waals surface area contributed by atoms with Crippen LogP contribution in [0.15, 0.2) is 30.3 Å². The molecule has 1 heterocycles. The molecule has 0 N–H and O–H groups in total. The van der Waals surface area contributed by atoms with Gasteiger partial charge in [0, 0.05) is 17.9 Å². The Kier molecular flexibility index (Phi) is 2.52. The zero-order valence-electron chi connectivity index (χ0n) is 9.15. The predicted molar refractivity (Wildman–Crippen MR) is 61.8 cm³/mol. The highest BCUT2D eigenvalue weighted by atomic mass is 16.1. The van der Waals surface area contributed by atoms with E-state index in [1.165, 1.54) is 13.8 Å². The first-order valence-electron chi connectivity index (χ1n) is 5.00. The smallest absolute Gasteiger partial charge is 0.178 e. The van der Waals surface area contributed by atoms with E-state index in [1.807, 2.05) is 6.07 Å². The van der Waals surface area contributed by atoms with Crippen LogP contribution >= 0.6 is 0 Å². The Morgan fingerprint density at radius 1 is 1.00 bits per heavy atom. The van der Waals surface area contributed by atoms with Crippen LogP contribution in [0.25, 0.3) is 10.9 Å². The Morgan fingerprint density at radius 3 is 2.38 bits per heavy atom. The number of carbonyl (C=O) groups excluding carboxylic acids is 2. The SMILES string of the molecule is CC(=O)c1ccc2nc(C(C)=O)ccc2c1. The largest absolute Gasteiger partial charge is 0.295 e. The molecule has 0 amide bonds. The minimum absolute atomic E-state index is 0.0255. The van der Waals surface area contributed by atoms with Crippen LogP contribution in [0.1, 0.15) is 34.7 Å². The van der Waals surface area contributed by atoms with Crippen LogP contribution in [-0.2, 0) is 0 Å². The first kappa shape index (κ1) is 10.5. The predicted octanol–water partition coefficient (Wildman–Crippen LogP) is 2.64. The van der Waals surface area contributed by atoms with Crippen molar-refractivity contribution in [1.82, 2.24) is 4.98 Å². The minimum Gasteiger partial charge on any atom is -0.295 e. The Balaban J connectivity index is 2.61. The topological polar surface area (TPSA) is 47.0 Å². The van der Waals surface area contributed by atoms with Gasteiger partial charge in [0.15, 0.2) is 11.6 Å². The molecule has 2 rings (SSSR count). The van der Waals surface area contributed by atoms with Crippen LogP contribution in [0.2, 0.25) is 0 Å². The molecule has 3 nitrogen and oxygen atoms in total. The summed E-state index contributed by atoms with van der Waals surface area (Å²) in [5, 5.41) is 0.873. The Labute approximate surface area is 93.1 Å². The van der Waals surface area contributed by atoms with E-state index >= 15 is 0 Å². The van der Waals surface area contributed by atoms with Gasteiger partial charge in [-0.25, -0.2) is 4.98 Å². The van der Waals surface area contributed by atoms with Gasteiger partial charge in [0.25, 0.3) is 0 Å². The lowest BCUT2D eigenvalue weighted by Crippen LogP contribution is -1.97. The summed E-state index contributed by atoms with van der Waals surface area (Å²) in [7, 11) is 0. The van der Waals surface area contributed by atoms with Crippen molar-refractivity contribution in [3.05, 3.63) is 41.6 Å². The minimum atomic E-state index is -0.0578. The molecule has 0 radical (unpaired) electrons. The molecule has 0 unspecified atom stereocenters. The van der Waals surface area contributed by atoms with Gasteiger partial charge in [-0.05, 0) is 31.2 Å². The normalized spacial score (nSPS) is 10.4. The maximum Gasteiger partial charge on any atom is 0.178 e. The maximum absolute atomic E-state index is 11.2. The second-order valence-corrected chi connectivity index (χ2v) is 3.72. The van der Waals surface area contributed by atoms with Crippen molar-refractivity contribution in [3.63, 3.8) is 0 Å². The van der Waals surface area contributed by atoms with Gasteiger partial charge in [0.1, 0.15) is 5.69 Å². The summed E-state index contributed by atoms with van der Waals surface area (Å²) in [6.45, 7) is 3.01. The van der Waals surface area contributed by atoms with Crippen LogP contribution in [-0.4, -0.2) is 16.6 Å². The van der Waals surface area contributed by atoms with Crippen LogP contribution < -0.4 is 0 Å². The number of aromatic nitrogens is 1. The number of nitrogens with zero attached hydrogens (tertiary/aromatic N) is 1. The number of Topliss-reactive ketones (excluding diaryl/α,β-unsaturated/α-hetero) is 2. The molecule has 0 saturated carbocycles. The Bertz CT molecular complexity index is 534. The van der Waals surface area contributed by atoms with Gasteiger partial charge in [0.05, 0.1) is 5.52 Å². The molecule has 1 aromatic heterocycles.